The number of fused-ring (bicyclic) bond motifs is 6. The quantitative estimate of drug-likeness (QED) is 0.168. The van der Waals surface area contributed by atoms with Crippen LogP contribution in [0.2, 0.25) is 0 Å². The average molecular weight is 753 g/mol. The van der Waals surface area contributed by atoms with Crippen molar-refractivity contribution in [2.24, 2.45) is 0 Å². The normalized spacial score (nSPS) is 11.6. The highest BCUT2D eigenvalue weighted by Gasteiger charge is 2.20. The fourth-order valence-corrected chi connectivity index (χ4v) is 9.67. The SMILES string of the molecule is c1ccc(-c2nc(-c3ccccc3)nc(-c3ccc4sc5c(-c6nc(-c7ccccc7)nc(-c7cccc8sc9ccccc9c78)n6)cccc5c4c3)n2)cc1. The average Bonchev–Trinajstić information content (AvgIpc) is 3.85. The maximum Gasteiger partial charge on any atom is 0.165 e. The van der Waals surface area contributed by atoms with Gasteiger partial charge in [-0.05, 0) is 36.4 Å². The zero-order valence-electron chi connectivity index (χ0n) is 29.7. The molecular weight excluding hydrogens is 725 g/mol. The molecule has 0 saturated carbocycles. The zero-order chi connectivity index (χ0) is 37.0. The largest absolute Gasteiger partial charge is 0.208 e. The maximum absolute atomic E-state index is 5.26. The molecule has 0 N–H and O–H groups in total. The van der Waals surface area contributed by atoms with Gasteiger partial charge in [0.25, 0.3) is 0 Å². The molecule has 0 spiro atoms. The number of nitrogens with zero attached hydrogens (tertiary/aromatic N) is 6. The highest BCUT2D eigenvalue weighted by Crippen LogP contribution is 2.43. The van der Waals surface area contributed by atoms with Gasteiger partial charge in [0, 0.05) is 73.7 Å². The van der Waals surface area contributed by atoms with Crippen molar-refractivity contribution in [3.63, 3.8) is 0 Å². The first kappa shape index (κ1) is 32.4. The van der Waals surface area contributed by atoms with E-state index in [4.69, 9.17) is 29.9 Å². The monoisotopic (exact) mass is 752 g/mol. The topological polar surface area (TPSA) is 77.3 Å². The summed E-state index contributed by atoms with van der Waals surface area (Å²) in [6.07, 6.45) is 0. The predicted octanol–water partition coefficient (Wildman–Crippen LogP) is 12.8. The molecule has 56 heavy (non-hydrogen) atoms. The van der Waals surface area contributed by atoms with Gasteiger partial charge < -0.3 is 0 Å². The number of hydrogen-bond donors (Lipinski definition) is 0. The third-order valence-corrected chi connectivity index (χ3v) is 12.4. The minimum atomic E-state index is 0.625. The van der Waals surface area contributed by atoms with E-state index in [2.05, 4.69) is 91.0 Å². The van der Waals surface area contributed by atoms with Crippen LogP contribution < -0.4 is 0 Å². The zero-order valence-corrected chi connectivity index (χ0v) is 31.3. The summed E-state index contributed by atoms with van der Waals surface area (Å²) in [5, 5.41) is 4.62. The molecule has 0 aliphatic rings. The second-order valence-corrected chi connectivity index (χ2v) is 15.6. The number of aromatic nitrogens is 6. The van der Waals surface area contributed by atoms with Crippen LogP contribution in [0.15, 0.2) is 170 Å². The number of benzene rings is 7. The molecule has 7 aromatic carbocycles. The van der Waals surface area contributed by atoms with Crippen LogP contribution in [0.3, 0.4) is 0 Å². The van der Waals surface area contributed by atoms with Gasteiger partial charge in [0.15, 0.2) is 34.9 Å². The molecule has 0 unspecified atom stereocenters. The Morgan fingerprint density at radius 3 is 1.41 bits per heavy atom. The summed E-state index contributed by atoms with van der Waals surface area (Å²) in [7, 11) is 0. The highest BCUT2D eigenvalue weighted by atomic mass is 32.1. The van der Waals surface area contributed by atoms with Crippen molar-refractivity contribution in [1.29, 1.82) is 0 Å². The first-order chi connectivity index (χ1) is 27.7. The van der Waals surface area contributed by atoms with Gasteiger partial charge in [-0.2, -0.15) is 0 Å². The summed E-state index contributed by atoms with van der Waals surface area (Å²) in [5.74, 6) is 3.83. The lowest BCUT2D eigenvalue weighted by Crippen LogP contribution is -2.00. The van der Waals surface area contributed by atoms with Crippen molar-refractivity contribution in [3.8, 4) is 68.3 Å². The lowest BCUT2D eigenvalue weighted by atomic mass is 10.0. The van der Waals surface area contributed by atoms with E-state index in [0.29, 0.717) is 34.9 Å². The Morgan fingerprint density at radius 1 is 0.286 bits per heavy atom. The Morgan fingerprint density at radius 2 is 0.750 bits per heavy atom. The lowest BCUT2D eigenvalue weighted by Gasteiger charge is -2.10. The first-order valence-electron chi connectivity index (χ1n) is 18.3. The van der Waals surface area contributed by atoms with E-state index >= 15 is 0 Å². The van der Waals surface area contributed by atoms with Crippen molar-refractivity contribution < 1.29 is 0 Å². The third kappa shape index (κ3) is 5.62. The molecule has 11 rings (SSSR count). The molecule has 0 aliphatic heterocycles. The van der Waals surface area contributed by atoms with Gasteiger partial charge in [-0.25, -0.2) is 29.9 Å². The molecule has 0 aliphatic carbocycles. The van der Waals surface area contributed by atoms with E-state index in [-0.39, 0.29) is 0 Å². The molecule has 0 amide bonds. The minimum Gasteiger partial charge on any atom is -0.208 e. The fourth-order valence-electron chi connectivity index (χ4n) is 7.35. The molecule has 0 saturated heterocycles. The van der Waals surface area contributed by atoms with Gasteiger partial charge in [0.2, 0.25) is 0 Å². The van der Waals surface area contributed by atoms with Gasteiger partial charge in [0.05, 0.1) is 0 Å². The molecule has 6 nitrogen and oxygen atoms in total. The Hall–Kier alpha value is -7.00. The molecule has 11 aromatic rings. The smallest absolute Gasteiger partial charge is 0.165 e. The second kappa shape index (κ2) is 13.4. The lowest BCUT2D eigenvalue weighted by molar-refractivity contribution is 1.07. The number of hydrogen-bond acceptors (Lipinski definition) is 8. The van der Waals surface area contributed by atoms with Crippen molar-refractivity contribution in [3.05, 3.63) is 170 Å². The Balaban J connectivity index is 1.09. The van der Waals surface area contributed by atoms with E-state index < -0.39 is 0 Å². The summed E-state index contributed by atoms with van der Waals surface area (Å²) in [4.78, 5) is 30.4. The van der Waals surface area contributed by atoms with Crippen LogP contribution in [0, 0.1) is 0 Å². The first-order valence-corrected chi connectivity index (χ1v) is 19.9. The van der Waals surface area contributed by atoms with Crippen molar-refractivity contribution in [1.82, 2.24) is 29.9 Å². The van der Waals surface area contributed by atoms with E-state index in [0.717, 1.165) is 53.6 Å². The molecule has 0 radical (unpaired) electrons. The van der Waals surface area contributed by atoms with Crippen LogP contribution in [-0.4, -0.2) is 29.9 Å². The van der Waals surface area contributed by atoms with Crippen LogP contribution in [0.1, 0.15) is 0 Å². The fraction of sp³-hybridized carbons (Fsp3) is 0. The Labute approximate surface area is 329 Å². The maximum atomic E-state index is 5.26. The summed E-state index contributed by atoms with van der Waals surface area (Å²) in [6, 6.07) is 58.1. The summed E-state index contributed by atoms with van der Waals surface area (Å²) in [5.41, 5.74) is 5.70. The number of thiophene rings is 2. The van der Waals surface area contributed by atoms with E-state index in [1.807, 2.05) is 78.9 Å². The van der Waals surface area contributed by atoms with Gasteiger partial charge >= 0.3 is 0 Å². The van der Waals surface area contributed by atoms with E-state index in [9.17, 15) is 0 Å². The van der Waals surface area contributed by atoms with Gasteiger partial charge in [-0.15, -0.1) is 22.7 Å². The standard InChI is InChI=1S/C48H28N6S2/c1-4-14-29(15-5-1)43-49-44(30-16-6-2-7-17-30)51-46(50-43)32-26-27-39-37(28-32)33-21-12-23-36(42(33)56-39)48-53-45(31-18-8-3-9-19-31)52-47(54-48)35-22-13-25-40-41(35)34-20-10-11-24-38(34)55-40/h1-28H. The van der Waals surface area contributed by atoms with E-state index in [1.165, 1.54) is 20.2 Å². The molecular formula is C48H28N6S2. The van der Waals surface area contributed by atoms with Crippen LogP contribution in [0.25, 0.3) is 109 Å². The van der Waals surface area contributed by atoms with Crippen molar-refractivity contribution >= 4 is 63.0 Å². The summed E-state index contributed by atoms with van der Waals surface area (Å²) < 4.78 is 4.72. The van der Waals surface area contributed by atoms with Crippen LogP contribution in [0.5, 0.6) is 0 Å². The van der Waals surface area contributed by atoms with Crippen LogP contribution in [-0.2, 0) is 0 Å². The number of rotatable bonds is 6. The van der Waals surface area contributed by atoms with Gasteiger partial charge in [-0.1, -0.05) is 133 Å². The minimum absolute atomic E-state index is 0.625. The van der Waals surface area contributed by atoms with Gasteiger partial charge in [-0.3, -0.25) is 0 Å². The summed E-state index contributed by atoms with van der Waals surface area (Å²) >= 11 is 3.54. The molecule has 0 bridgehead atoms. The predicted molar refractivity (Wildman–Crippen MR) is 232 cm³/mol. The Kier molecular flexibility index (Phi) is 7.75. The third-order valence-electron chi connectivity index (χ3n) is 10.0. The molecule has 4 heterocycles. The Bertz CT molecular complexity index is 3190. The van der Waals surface area contributed by atoms with E-state index in [1.54, 1.807) is 22.7 Å². The highest BCUT2D eigenvalue weighted by molar-refractivity contribution is 7.26. The van der Waals surface area contributed by atoms with Crippen molar-refractivity contribution in [2.45, 2.75) is 0 Å². The molecule has 0 fully saturated rings. The molecule has 0 atom stereocenters. The van der Waals surface area contributed by atoms with Crippen LogP contribution in [0.4, 0.5) is 0 Å². The van der Waals surface area contributed by atoms with Gasteiger partial charge in [0.1, 0.15) is 0 Å². The molecule has 262 valence electrons. The molecule has 4 aromatic heterocycles. The molecule has 8 heteroatoms. The van der Waals surface area contributed by atoms with Crippen LogP contribution >= 0.6 is 22.7 Å². The second-order valence-electron chi connectivity index (χ2n) is 13.5. The summed E-state index contributed by atoms with van der Waals surface area (Å²) in [6.45, 7) is 0. The van der Waals surface area contributed by atoms with Crippen molar-refractivity contribution in [2.75, 3.05) is 0 Å².